The van der Waals surface area contributed by atoms with E-state index in [0.717, 1.165) is 45.3 Å². The molecule has 6 heteroatoms. The topological polar surface area (TPSA) is 81.7 Å². The molecule has 0 aromatic carbocycles. The van der Waals surface area contributed by atoms with Crippen LogP contribution in [0.3, 0.4) is 0 Å². The first-order valence-corrected chi connectivity index (χ1v) is 7.62. The number of amides is 2. The molecule has 2 atom stereocenters. The molecule has 2 bridgehead atoms. The van der Waals surface area contributed by atoms with Gasteiger partial charge in [-0.3, -0.25) is 0 Å². The Balaban J connectivity index is 1.80. The van der Waals surface area contributed by atoms with Crippen molar-refractivity contribution >= 4 is 12.0 Å². The summed E-state index contributed by atoms with van der Waals surface area (Å²) in [4.78, 5) is 25.4. The highest BCUT2D eigenvalue weighted by molar-refractivity contribution is 5.82. The van der Waals surface area contributed by atoms with Gasteiger partial charge in [-0.25, -0.2) is 9.59 Å². The van der Waals surface area contributed by atoms with Gasteiger partial charge in [-0.15, -0.1) is 0 Å². The van der Waals surface area contributed by atoms with Gasteiger partial charge in [-0.2, -0.15) is 0 Å². The minimum absolute atomic E-state index is 0.165. The fraction of sp³-hybridized carbons (Fsp3) is 0.857. The number of aliphatic carboxylic acids is 1. The summed E-state index contributed by atoms with van der Waals surface area (Å²) in [5.74, 6) is -0.410. The first kappa shape index (κ1) is 15.1. The van der Waals surface area contributed by atoms with E-state index >= 15 is 0 Å². The van der Waals surface area contributed by atoms with E-state index in [2.05, 4.69) is 15.5 Å². The van der Waals surface area contributed by atoms with Gasteiger partial charge in [-0.05, 0) is 38.3 Å². The monoisotopic (exact) mass is 283 g/mol. The zero-order chi connectivity index (χ0) is 14.5. The Hall–Kier alpha value is -1.30. The lowest BCUT2D eigenvalue weighted by Gasteiger charge is -2.44. The molecule has 2 amide bonds. The maximum atomic E-state index is 12.0. The molecule has 3 aliphatic heterocycles. The standard InChI is InChI=1S/C14H25N3O3/c1-2-3-4-11(13(18)19)15-14(20)16-12-9-17-7-5-10(12)6-8-17/h10-12H,2-9H2,1H3,(H,18,19)(H2,15,16,20)/t11-,12?/m0/s1. The summed E-state index contributed by atoms with van der Waals surface area (Å²) < 4.78 is 0. The summed E-state index contributed by atoms with van der Waals surface area (Å²) in [5, 5.41) is 14.7. The molecule has 6 nitrogen and oxygen atoms in total. The van der Waals surface area contributed by atoms with Gasteiger partial charge in [0.15, 0.2) is 0 Å². The predicted octanol–water partition coefficient (Wildman–Crippen LogP) is 1.02. The molecule has 0 radical (unpaired) electrons. The average Bonchev–Trinajstić information content (AvgIpc) is 2.44. The van der Waals surface area contributed by atoms with Crippen molar-refractivity contribution in [1.82, 2.24) is 15.5 Å². The minimum atomic E-state index is -0.956. The summed E-state index contributed by atoms with van der Waals surface area (Å²) in [7, 11) is 0. The van der Waals surface area contributed by atoms with E-state index < -0.39 is 12.0 Å². The van der Waals surface area contributed by atoms with Crippen molar-refractivity contribution in [3.05, 3.63) is 0 Å². The number of carbonyl (C=O) groups is 2. The van der Waals surface area contributed by atoms with Crippen molar-refractivity contribution in [3.8, 4) is 0 Å². The van der Waals surface area contributed by atoms with Crippen LogP contribution in [-0.2, 0) is 4.79 Å². The van der Waals surface area contributed by atoms with Crippen LogP contribution in [-0.4, -0.2) is 53.7 Å². The second kappa shape index (κ2) is 6.92. The number of nitrogens with zero attached hydrogens (tertiary/aromatic N) is 1. The van der Waals surface area contributed by atoms with Gasteiger partial charge in [0.05, 0.1) is 0 Å². The maximum Gasteiger partial charge on any atom is 0.326 e. The molecular weight excluding hydrogens is 258 g/mol. The number of urea groups is 1. The molecule has 3 aliphatic rings. The molecule has 3 rings (SSSR count). The van der Waals surface area contributed by atoms with Crippen LogP contribution in [0, 0.1) is 5.92 Å². The van der Waals surface area contributed by atoms with Gasteiger partial charge >= 0.3 is 12.0 Å². The minimum Gasteiger partial charge on any atom is -0.480 e. The van der Waals surface area contributed by atoms with E-state index in [-0.39, 0.29) is 12.1 Å². The third-order valence-electron chi connectivity index (χ3n) is 4.42. The van der Waals surface area contributed by atoms with Crippen molar-refractivity contribution in [2.75, 3.05) is 19.6 Å². The van der Waals surface area contributed by atoms with E-state index in [9.17, 15) is 9.59 Å². The van der Waals surface area contributed by atoms with Crippen LogP contribution in [0.4, 0.5) is 4.79 Å². The number of hydrogen-bond acceptors (Lipinski definition) is 3. The van der Waals surface area contributed by atoms with Crippen molar-refractivity contribution in [1.29, 1.82) is 0 Å². The fourth-order valence-corrected chi connectivity index (χ4v) is 3.16. The van der Waals surface area contributed by atoms with Crippen LogP contribution < -0.4 is 10.6 Å². The van der Waals surface area contributed by atoms with Crippen LogP contribution in [0.15, 0.2) is 0 Å². The molecule has 20 heavy (non-hydrogen) atoms. The Morgan fingerprint density at radius 3 is 2.55 bits per heavy atom. The highest BCUT2D eigenvalue weighted by Gasteiger charge is 2.35. The number of carbonyl (C=O) groups excluding carboxylic acids is 1. The highest BCUT2D eigenvalue weighted by atomic mass is 16.4. The zero-order valence-electron chi connectivity index (χ0n) is 12.1. The molecule has 1 unspecified atom stereocenters. The summed E-state index contributed by atoms with van der Waals surface area (Å²) in [5.41, 5.74) is 0. The second-order valence-corrected chi connectivity index (χ2v) is 5.90. The van der Waals surface area contributed by atoms with Gasteiger partial charge in [0.1, 0.15) is 6.04 Å². The van der Waals surface area contributed by atoms with E-state index in [1.54, 1.807) is 0 Å². The Morgan fingerprint density at radius 2 is 2.05 bits per heavy atom. The Kier molecular flexibility index (Phi) is 5.23. The number of unbranched alkanes of at least 4 members (excludes halogenated alkanes) is 1. The summed E-state index contributed by atoms with van der Waals surface area (Å²) in [6.45, 7) is 5.15. The van der Waals surface area contributed by atoms with Gasteiger partial charge in [0, 0.05) is 12.6 Å². The molecule has 0 aromatic heterocycles. The molecule has 0 aromatic rings. The first-order valence-electron chi connectivity index (χ1n) is 7.62. The van der Waals surface area contributed by atoms with Crippen LogP contribution in [0.5, 0.6) is 0 Å². The fourth-order valence-electron chi connectivity index (χ4n) is 3.16. The third kappa shape index (κ3) is 3.85. The van der Waals surface area contributed by atoms with E-state index in [4.69, 9.17) is 5.11 Å². The molecule has 3 saturated heterocycles. The second-order valence-electron chi connectivity index (χ2n) is 5.90. The number of nitrogens with one attached hydrogen (secondary N) is 2. The largest absolute Gasteiger partial charge is 0.480 e. The van der Waals surface area contributed by atoms with Crippen molar-refractivity contribution in [2.24, 2.45) is 5.92 Å². The Labute approximate surface area is 119 Å². The Bertz CT molecular complexity index is 354. The number of rotatable bonds is 6. The third-order valence-corrected chi connectivity index (χ3v) is 4.42. The molecular formula is C14H25N3O3. The van der Waals surface area contributed by atoms with Gasteiger partial charge in [0.2, 0.25) is 0 Å². The lowest BCUT2D eigenvalue weighted by Crippen LogP contribution is -2.59. The number of piperidine rings is 3. The summed E-state index contributed by atoms with van der Waals surface area (Å²) in [6, 6.07) is -0.957. The normalized spacial score (nSPS) is 29.8. The van der Waals surface area contributed by atoms with Gasteiger partial charge in [-0.1, -0.05) is 19.8 Å². The lowest BCUT2D eigenvalue weighted by atomic mass is 9.84. The predicted molar refractivity (Wildman–Crippen MR) is 75.6 cm³/mol. The molecule has 0 aliphatic carbocycles. The number of fused-ring (bicyclic) bond motifs is 3. The van der Waals surface area contributed by atoms with Crippen LogP contribution in [0.1, 0.15) is 39.0 Å². The summed E-state index contributed by atoms with van der Waals surface area (Å²) in [6.07, 6.45) is 4.47. The molecule has 3 heterocycles. The lowest BCUT2D eigenvalue weighted by molar-refractivity contribution is -0.139. The highest BCUT2D eigenvalue weighted by Crippen LogP contribution is 2.27. The van der Waals surface area contributed by atoms with Gasteiger partial charge in [0.25, 0.3) is 0 Å². The van der Waals surface area contributed by atoms with Crippen molar-refractivity contribution in [3.63, 3.8) is 0 Å². The number of hydrogen-bond donors (Lipinski definition) is 3. The van der Waals surface area contributed by atoms with Crippen molar-refractivity contribution in [2.45, 2.75) is 51.1 Å². The van der Waals surface area contributed by atoms with E-state index in [1.807, 2.05) is 6.92 Å². The SMILES string of the molecule is CCCC[C@H](NC(=O)NC1CN2CCC1CC2)C(=O)O. The number of carboxylic acids is 1. The van der Waals surface area contributed by atoms with E-state index in [1.165, 1.54) is 0 Å². The quantitative estimate of drug-likeness (QED) is 0.680. The van der Waals surface area contributed by atoms with Crippen LogP contribution in [0.2, 0.25) is 0 Å². The van der Waals surface area contributed by atoms with Gasteiger partial charge < -0.3 is 20.6 Å². The molecule has 114 valence electrons. The smallest absolute Gasteiger partial charge is 0.326 e. The average molecular weight is 283 g/mol. The van der Waals surface area contributed by atoms with Crippen LogP contribution >= 0.6 is 0 Å². The first-order chi connectivity index (χ1) is 9.60. The zero-order valence-corrected chi connectivity index (χ0v) is 12.1. The molecule has 0 spiro atoms. The Morgan fingerprint density at radius 1 is 1.35 bits per heavy atom. The summed E-state index contributed by atoms with van der Waals surface area (Å²) >= 11 is 0. The van der Waals surface area contributed by atoms with E-state index in [0.29, 0.717) is 12.3 Å². The number of carboxylic acid groups (broad SMARTS) is 1. The molecule has 3 fully saturated rings. The van der Waals surface area contributed by atoms with Crippen molar-refractivity contribution < 1.29 is 14.7 Å². The van der Waals surface area contributed by atoms with Crippen LogP contribution in [0.25, 0.3) is 0 Å². The maximum absolute atomic E-state index is 12.0. The molecule has 3 N–H and O–H groups in total. The molecule has 0 saturated carbocycles.